The number of carbonyl (C=O) groups is 1. The third-order valence-electron chi connectivity index (χ3n) is 6.15. The zero-order chi connectivity index (χ0) is 20.0. The van der Waals surface area contributed by atoms with E-state index in [4.69, 9.17) is 11.6 Å². The molecule has 0 radical (unpaired) electrons. The van der Waals surface area contributed by atoms with E-state index < -0.39 is 5.60 Å². The molecular formula is C21H21ClN4O2S. The zero-order valence-corrected chi connectivity index (χ0v) is 17.3. The average Bonchev–Trinajstić information content (AvgIpc) is 3.46. The van der Waals surface area contributed by atoms with E-state index >= 15 is 0 Å². The molecule has 0 bridgehead atoms. The van der Waals surface area contributed by atoms with Crippen LogP contribution < -0.4 is 0 Å². The van der Waals surface area contributed by atoms with Gasteiger partial charge < -0.3 is 10.0 Å². The molecule has 1 saturated carbocycles. The molecule has 1 aliphatic heterocycles. The van der Waals surface area contributed by atoms with Gasteiger partial charge >= 0.3 is 0 Å². The number of piperidine rings is 1. The molecule has 2 aliphatic rings. The maximum atomic E-state index is 13.3. The highest BCUT2D eigenvalue weighted by molar-refractivity contribution is 7.13. The summed E-state index contributed by atoms with van der Waals surface area (Å²) in [6.07, 6.45) is 8.24. The molecule has 0 spiro atoms. The van der Waals surface area contributed by atoms with Crippen LogP contribution in [0.3, 0.4) is 0 Å². The molecule has 3 unspecified atom stereocenters. The van der Waals surface area contributed by atoms with Gasteiger partial charge in [-0.25, -0.2) is 0 Å². The fraction of sp³-hybridized carbons (Fsp3) is 0.381. The van der Waals surface area contributed by atoms with E-state index in [1.165, 1.54) is 11.3 Å². The van der Waals surface area contributed by atoms with Gasteiger partial charge in [-0.3, -0.25) is 14.9 Å². The number of aromatic amines is 1. The van der Waals surface area contributed by atoms with E-state index in [9.17, 15) is 9.90 Å². The number of hydrogen-bond acceptors (Lipinski definition) is 5. The van der Waals surface area contributed by atoms with Crippen molar-refractivity contribution in [2.45, 2.75) is 37.3 Å². The van der Waals surface area contributed by atoms with Gasteiger partial charge in [0.15, 0.2) is 0 Å². The smallest absolute Gasteiger partial charge is 0.254 e. The van der Waals surface area contributed by atoms with Crippen molar-refractivity contribution >= 4 is 28.8 Å². The van der Waals surface area contributed by atoms with Gasteiger partial charge in [0.25, 0.3) is 5.91 Å². The van der Waals surface area contributed by atoms with Gasteiger partial charge in [0.1, 0.15) is 5.60 Å². The minimum absolute atomic E-state index is 0.00315. The molecule has 150 valence electrons. The number of pyridine rings is 1. The first-order valence-electron chi connectivity index (χ1n) is 9.77. The zero-order valence-electron chi connectivity index (χ0n) is 15.7. The summed E-state index contributed by atoms with van der Waals surface area (Å²) < 4.78 is 0. The maximum Gasteiger partial charge on any atom is 0.254 e. The number of nitrogens with zero attached hydrogens (tertiary/aromatic N) is 3. The number of nitrogens with one attached hydrogen (secondary N) is 1. The van der Waals surface area contributed by atoms with E-state index in [-0.39, 0.29) is 17.9 Å². The van der Waals surface area contributed by atoms with Crippen LogP contribution in [0.5, 0.6) is 0 Å². The van der Waals surface area contributed by atoms with Crippen molar-refractivity contribution in [3.8, 4) is 10.4 Å². The molecule has 3 atom stereocenters. The summed E-state index contributed by atoms with van der Waals surface area (Å²) in [7, 11) is 0. The van der Waals surface area contributed by atoms with Crippen LogP contribution in [0.15, 0.2) is 42.2 Å². The van der Waals surface area contributed by atoms with Gasteiger partial charge in [0, 0.05) is 47.2 Å². The number of likely N-dealkylation sites (tertiary alicyclic amines) is 1. The SMILES string of the molecule is O=C(c1csc(-c2cn[nH]c2)c1)N1CCCC2CC(O)(c3ncccc3Cl)CC21. The van der Waals surface area contributed by atoms with Crippen molar-refractivity contribution < 1.29 is 9.90 Å². The van der Waals surface area contributed by atoms with Crippen LogP contribution in [0.2, 0.25) is 5.02 Å². The Hall–Kier alpha value is -2.22. The molecule has 1 amide bonds. The van der Waals surface area contributed by atoms with Crippen molar-refractivity contribution in [3.63, 3.8) is 0 Å². The summed E-state index contributed by atoms with van der Waals surface area (Å²) in [6, 6.07) is 5.45. The van der Waals surface area contributed by atoms with Crippen LogP contribution in [0.25, 0.3) is 10.4 Å². The van der Waals surface area contributed by atoms with Crippen molar-refractivity contribution in [3.05, 3.63) is 58.4 Å². The molecule has 29 heavy (non-hydrogen) atoms. The van der Waals surface area contributed by atoms with Gasteiger partial charge in [0.2, 0.25) is 0 Å². The number of amides is 1. The van der Waals surface area contributed by atoms with Crippen LogP contribution in [0.4, 0.5) is 0 Å². The first-order valence-corrected chi connectivity index (χ1v) is 11.0. The molecular weight excluding hydrogens is 408 g/mol. The lowest BCUT2D eigenvalue weighted by Gasteiger charge is -2.37. The van der Waals surface area contributed by atoms with Crippen molar-refractivity contribution in [1.29, 1.82) is 0 Å². The largest absolute Gasteiger partial charge is 0.383 e. The molecule has 8 heteroatoms. The summed E-state index contributed by atoms with van der Waals surface area (Å²) in [5.41, 5.74) is 1.11. The van der Waals surface area contributed by atoms with Gasteiger partial charge in [-0.2, -0.15) is 5.10 Å². The van der Waals surface area contributed by atoms with Crippen molar-refractivity contribution in [2.75, 3.05) is 6.54 Å². The van der Waals surface area contributed by atoms with E-state index in [0.717, 1.165) is 23.3 Å². The van der Waals surface area contributed by atoms with Crippen molar-refractivity contribution in [2.24, 2.45) is 5.92 Å². The lowest BCUT2D eigenvalue weighted by atomic mass is 9.91. The summed E-state index contributed by atoms with van der Waals surface area (Å²) >= 11 is 7.87. The number of thiophene rings is 1. The summed E-state index contributed by atoms with van der Waals surface area (Å²) in [6.45, 7) is 0.711. The van der Waals surface area contributed by atoms with Gasteiger partial charge in [0.05, 0.1) is 22.5 Å². The fourth-order valence-corrected chi connectivity index (χ4v) is 6.00. The number of aromatic nitrogens is 3. The molecule has 5 rings (SSSR count). The molecule has 2 N–H and O–H groups in total. The summed E-state index contributed by atoms with van der Waals surface area (Å²) in [5.74, 6) is 0.282. The molecule has 4 heterocycles. The van der Waals surface area contributed by atoms with E-state index in [2.05, 4.69) is 15.2 Å². The number of carbonyl (C=O) groups excluding carboxylic acids is 1. The highest BCUT2D eigenvalue weighted by Crippen LogP contribution is 2.49. The second-order valence-corrected chi connectivity index (χ2v) is 9.25. The number of halogens is 1. The Morgan fingerprint density at radius 1 is 1.41 bits per heavy atom. The van der Waals surface area contributed by atoms with Gasteiger partial charge in [-0.15, -0.1) is 11.3 Å². The molecule has 6 nitrogen and oxygen atoms in total. The minimum Gasteiger partial charge on any atom is -0.383 e. The van der Waals surface area contributed by atoms with E-state index in [0.29, 0.717) is 35.7 Å². The van der Waals surface area contributed by atoms with Gasteiger partial charge in [-0.1, -0.05) is 11.6 Å². The predicted octanol–water partition coefficient (Wildman–Crippen LogP) is 4.09. The Labute approximate surface area is 177 Å². The first kappa shape index (κ1) is 18.8. The van der Waals surface area contributed by atoms with Crippen LogP contribution in [-0.4, -0.2) is 43.7 Å². The Morgan fingerprint density at radius 3 is 3.10 bits per heavy atom. The maximum absolute atomic E-state index is 13.3. The van der Waals surface area contributed by atoms with Crippen LogP contribution in [0.1, 0.15) is 41.7 Å². The second-order valence-electron chi connectivity index (χ2n) is 7.93. The summed E-state index contributed by atoms with van der Waals surface area (Å²) in [4.78, 5) is 20.6. The van der Waals surface area contributed by atoms with Crippen molar-refractivity contribution in [1.82, 2.24) is 20.1 Å². The predicted molar refractivity (Wildman–Crippen MR) is 112 cm³/mol. The number of H-pyrrole nitrogens is 1. The third kappa shape index (κ3) is 3.27. The lowest BCUT2D eigenvalue weighted by Crippen LogP contribution is -2.46. The molecule has 3 aromatic heterocycles. The number of aliphatic hydroxyl groups is 1. The van der Waals surface area contributed by atoms with Crippen LogP contribution in [0, 0.1) is 5.92 Å². The van der Waals surface area contributed by atoms with E-state index in [1.54, 1.807) is 24.5 Å². The number of fused-ring (bicyclic) bond motifs is 1. The topological polar surface area (TPSA) is 82.1 Å². The Morgan fingerprint density at radius 2 is 2.31 bits per heavy atom. The Kier molecular flexibility index (Phi) is 4.69. The quantitative estimate of drug-likeness (QED) is 0.658. The summed E-state index contributed by atoms with van der Waals surface area (Å²) in [5, 5.41) is 20.6. The highest BCUT2D eigenvalue weighted by atomic mass is 35.5. The Bertz CT molecular complexity index is 1040. The average molecular weight is 429 g/mol. The first-order chi connectivity index (χ1) is 14.0. The molecule has 0 aromatic carbocycles. The molecule has 2 fully saturated rings. The molecule has 3 aromatic rings. The monoisotopic (exact) mass is 428 g/mol. The van der Waals surface area contributed by atoms with Crippen LogP contribution in [-0.2, 0) is 5.60 Å². The highest BCUT2D eigenvalue weighted by Gasteiger charge is 2.51. The molecule has 1 aliphatic carbocycles. The van der Waals surface area contributed by atoms with Crippen LogP contribution >= 0.6 is 22.9 Å². The van der Waals surface area contributed by atoms with E-state index in [1.807, 2.05) is 22.5 Å². The number of rotatable bonds is 3. The Balaban J connectivity index is 1.40. The number of hydrogen-bond donors (Lipinski definition) is 2. The second kappa shape index (κ2) is 7.23. The minimum atomic E-state index is -1.09. The normalized spacial score (nSPS) is 26.5. The van der Waals surface area contributed by atoms with Gasteiger partial charge in [-0.05, 0) is 43.4 Å². The fourth-order valence-electron chi connectivity index (χ4n) is 4.84. The molecule has 1 saturated heterocycles. The third-order valence-corrected chi connectivity index (χ3v) is 7.44. The lowest BCUT2D eigenvalue weighted by molar-refractivity contribution is 0.0295. The standard InChI is InChI=1S/C21H21ClN4O2S/c22-16-4-1-5-23-19(16)21(28)8-13-3-2-6-26(17(13)9-21)20(27)14-7-18(29-12-14)15-10-24-25-11-15/h1,4-5,7,10-13,17,28H,2-3,6,8-9H2,(H,24,25).